The smallest absolute Gasteiger partial charge is 0.234 e. The van der Waals surface area contributed by atoms with Crippen LogP contribution in [0.5, 0.6) is 0 Å². The Labute approximate surface area is 208 Å². The van der Waals surface area contributed by atoms with Crippen molar-refractivity contribution in [3.63, 3.8) is 0 Å². The maximum Gasteiger partial charge on any atom is 0.234 e. The molecule has 180 valence electrons. The molecule has 1 aliphatic carbocycles. The number of aryl methyl sites for hydroxylation is 2. The van der Waals surface area contributed by atoms with Gasteiger partial charge in [-0.1, -0.05) is 6.42 Å². The summed E-state index contributed by atoms with van der Waals surface area (Å²) in [6.07, 6.45) is 9.00. The fraction of sp³-hybridized carbons (Fsp3) is 0.818. The van der Waals surface area contributed by atoms with Gasteiger partial charge >= 0.3 is 0 Å². The Kier molecular flexibility index (Phi) is 10.0. The van der Waals surface area contributed by atoms with Crippen LogP contribution in [-0.4, -0.2) is 88.3 Å². The van der Waals surface area contributed by atoms with Gasteiger partial charge in [-0.15, -0.1) is 34.2 Å². The Bertz CT molecular complexity index is 755. The van der Waals surface area contributed by atoms with E-state index in [0.717, 1.165) is 95.5 Å². The van der Waals surface area contributed by atoms with Gasteiger partial charge < -0.3 is 20.1 Å². The highest BCUT2D eigenvalue weighted by Gasteiger charge is 2.26. The van der Waals surface area contributed by atoms with Crippen LogP contribution in [0.3, 0.4) is 0 Å². The number of hydrogen-bond donors (Lipinski definition) is 2. The number of nitrogens with one attached hydrogen (secondary N) is 2. The largest absolute Gasteiger partial charge is 0.357 e. The van der Waals surface area contributed by atoms with E-state index < -0.39 is 0 Å². The monoisotopic (exact) mass is 558 g/mol. The molecule has 1 amide bonds. The summed E-state index contributed by atoms with van der Waals surface area (Å²) >= 11 is 0. The molecule has 0 atom stereocenters. The average molecular weight is 559 g/mol. The van der Waals surface area contributed by atoms with Crippen LogP contribution in [0.4, 0.5) is 0 Å². The van der Waals surface area contributed by atoms with E-state index in [-0.39, 0.29) is 29.9 Å². The summed E-state index contributed by atoms with van der Waals surface area (Å²) in [5.74, 6) is 3.44. The molecule has 3 heterocycles. The van der Waals surface area contributed by atoms with Crippen LogP contribution in [0, 0.1) is 0 Å². The summed E-state index contributed by atoms with van der Waals surface area (Å²) in [7, 11) is 0. The summed E-state index contributed by atoms with van der Waals surface area (Å²) in [4.78, 5) is 21.5. The number of carbonyl (C=O) groups is 1. The lowest BCUT2D eigenvalue weighted by molar-refractivity contribution is -0.122. The van der Waals surface area contributed by atoms with Gasteiger partial charge in [0, 0.05) is 64.7 Å². The highest BCUT2D eigenvalue weighted by atomic mass is 127. The molecule has 1 saturated carbocycles. The van der Waals surface area contributed by atoms with Crippen molar-refractivity contribution in [2.24, 2.45) is 4.99 Å². The topological polar surface area (TPSA) is 90.7 Å². The number of aromatic nitrogens is 3. The first-order chi connectivity index (χ1) is 15.2. The van der Waals surface area contributed by atoms with E-state index in [1.165, 1.54) is 19.3 Å². The molecule has 0 unspecified atom stereocenters. The number of nitrogens with zero attached hydrogens (tertiary/aromatic N) is 6. The lowest BCUT2D eigenvalue weighted by Gasteiger charge is -2.36. The number of aliphatic imine (C=N–C) groups is 1. The molecule has 32 heavy (non-hydrogen) atoms. The second kappa shape index (κ2) is 12.7. The summed E-state index contributed by atoms with van der Waals surface area (Å²) in [5.41, 5.74) is 0. The standard InChI is InChI=1S/C22H38N8O.HI/c1-2-23-22(29-15-13-28(14-16-29)17-21(31)25-18-9-10-18)24-11-6-8-20-27-26-19-7-4-3-5-12-30(19)20;/h18H,2-17H2,1H3,(H,23,24)(H,25,31);1H. The number of halogens is 1. The van der Waals surface area contributed by atoms with Crippen molar-refractivity contribution in [2.75, 3.05) is 45.8 Å². The van der Waals surface area contributed by atoms with Crippen LogP contribution in [0.25, 0.3) is 0 Å². The van der Waals surface area contributed by atoms with Gasteiger partial charge in [-0.2, -0.15) is 0 Å². The first kappa shape index (κ1) is 25.2. The lowest BCUT2D eigenvalue weighted by atomic mass is 10.2. The SMILES string of the molecule is CCNC(=NCCCc1nnc2n1CCCCC2)N1CCN(CC(=O)NC2CC2)CC1.I. The predicted octanol–water partition coefficient (Wildman–Crippen LogP) is 1.42. The zero-order valence-corrected chi connectivity index (χ0v) is 21.7. The van der Waals surface area contributed by atoms with Gasteiger partial charge in [-0.25, -0.2) is 0 Å². The van der Waals surface area contributed by atoms with E-state index in [1.54, 1.807) is 0 Å². The van der Waals surface area contributed by atoms with Crippen molar-refractivity contribution in [1.29, 1.82) is 0 Å². The Morgan fingerprint density at radius 3 is 2.66 bits per heavy atom. The minimum Gasteiger partial charge on any atom is -0.357 e. The van der Waals surface area contributed by atoms with Crippen molar-refractivity contribution in [3.8, 4) is 0 Å². The minimum absolute atomic E-state index is 0. The molecule has 3 aliphatic rings. The average Bonchev–Trinajstić information content (AvgIpc) is 3.55. The molecule has 0 radical (unpaired) electrons. The third-order valence-electron chi connectivity index (χ3n) is 6.32. The van der Waals surface area contributed by atoms with Gasteiger partial charge in [0.2, 0.25) is 5.91 Å². The number of hydrogen-bond acceptors (Lipinski definition) is 5. The van der Waals surface area contributed by atoms with Gasteiger partial charge in [0.25, 0.3) is 0 Å². The number of fused-ring (bicyclic) bond motifs is 1. The van der Waals surface area contributed by atoms with Crippen molar-refractivity contribution in [2.45, 2.75) is 70.9 Å². The molecular weight excluding hydrogens is 519 g/mol. The number of guanidine groups is 1. The van der Waals surface area contributed by atoms with Gasteiger partial charge in [-0.3, -0.25) is 14.7 Å². The van der Waals surface area contributed by atoms with Crippen LogP contribution >= 0.6 is 24.0 Å². The normalized spacial score (nSPS) is 19.7. The van der Waals surface area contributed by atoms with Gasteiger partial charge in [0.1, 0.15) is 11.6 Å². The van der Waals surface area contributed by atoms with E-state index in [9.17, 15) is 4.79 Å². The molecule has 0 spiro atoms. The van der Waals surface area contributed by atoms with Gasteiger partial charge in [0.05, 0.1) is 6.54 Å². The maximum absolute atomic E-state index is 12.0. The van der Waals surface area contributed by atoms with Crippen molar-refractivity contribution in [3.05, 3.63) is 11.6 Å². The summed E-state index contributed by atoms with van der Waals surface area (Å²) < 4.78 is 2.33. The second-order valence-corrected chi connectivity index (χ2v) is 8.94. The Hall–Kier alpha value is -1.43. The maximum atomic E-state index is 12.0. The summed E-state index contributed by atoms with van der Waals surface area (Å²) in [5, 5.41) is 15.4. The van der Waals surface area contributed by atoms with Crippen molar-refractivity contribution < 1.29 is 4.79 Å². The van der Waals surface area contributed by atoms with Crippen LogP contribution in [0.1, 0.15) is 57.1 Å². The molecule has 1 aromatic rings. The molecule has 9 nitrogen and oxygen atoms in total. The van der Waals surface area contributed by atoms with Crippen LogP contribution in [0.2, 0.25) is 0 Å². The zero-order chi connectivity index (χ0) is 21.5. The van der Waals surface area contributed by atoms with E-state index >= 15 is 0 Å². The Morgan fingerprint density at radius 2 is 1.91 bits per heavy atom. The zero-order valence-electron chi connectivity index (χ0n) is 19.4. The molecule has 0 bridgehead atoms. The quantitative estimate of drug-likeness (QED) is 0.217. The molecule has 2 fully saturated rings. The van der Waals surface area contributed by atoms with E-state index in [4.69, 9.17) is 4.99 Å². The van der Waals surface area contributed by atoms with Gasteiger partial charge in [0.15, 0.2) is 5.96 Å². The summed E-state index contributed by atoms with van der Waals surface area (Å²) in [6.45, 7) is 8.94. The highest BCUT2D eigenvalue weighted by molar-refractivity contribution is 14.0. The molecule has 1 saturated heterocycles. The minimum atomic E-state index is 0. The van der Waals surface area contributed by atoms with E-state index in [1.807, 2.05) is 0 Å². The van der Waals surface area contributed by atoms with Crippen LogP contribution in [0.15, 0.2) is 4.99 Å². The first-order valence-corrected chi connectivity index (χ1v) is 12.2. The van der Waals surface area contributed by atoms with Crippen molar-refractivity contribution >= 4 is 35.8 Å². The molecule has 10 heteroatoms. The third-order valence-corrected chi connectivity index (χ3v) is 6.32. The van der Waals surface area contributed by atoms with Crippen molar-refractivity contribution in [1.82, 2.24) is 35.2 Å². The Morgan fingerprint density at radius 1 is 1.09 bits per heavy atom. The molecule has 2 aliphatic heterocycles. The molecule has 2 N–H and O–H groups in total. The lowest BCUT2D eigenvalue weighted by Crippen LogP contribution is -2.54. The molecular formula is C22H39IN8O. The number of carbonyl (C=O) groups excluding carboxylic acids is 1. The number of amides is 1. The fourth-order valence-corrected chi connectivity index (χ4v) is 4.40. The Balaban J connectivity index is 0.00000289. The predicted molar refractivity (Wildman–Crippen MR) is 136 cm³/mol. The van der Waals surface area contributed by atoms with E-state index in [0.29, 0.717) is 12.6 Å². The molecule has 0 aromatic carbocycles. The number of rotatable bonds is 8. The number of piperazine rings is 1. The van der Waals surface area contributed by atoms with Crippen LogP contribution in [-0.2, 0) is 24.2 Å². The molecule has 4 rings (SSSR count). The second-order valence-electron chi connectivity index (χ2n) is 8.94. The van der Waals surface area contributed by atoms with E-state index in [2.05, 4.69) is 42.1 Å². The summed E-state index contributed by atoms with van der Waals surface area (Å²) in [6, 6.07) is 0.439. The van der Waals surface area contributed by atoms with Crippen LogP contribution < -0.4 is 10.6 Å². The van der Waals surface area contributed by atoms with Gasteiger partial charge in [-0.05, 0) is 39.0 Å². The first-order valence-electron chi connectivity index (χ1n) is 12.2. The highest BCUT2D eigenvalue weighted by Crippen LogP contribution is 2.18. The molecule has 1 aromatic heterocycles. The fourth-order valence-electron chi connectivity index (χ4n) is 4.40. The third kappa shape index (κ3) is 7.29.